The third-order valence-electron chi connectivity index (χ3n) is 2.32. The molecule has 16 heavy (non-hydrogen) atoms. The van der Waals surface area contributed by atoms with Gasteiger partial charge in [0.1, 0.15) is 5.60 Å². The van der Waals surface area contributed by atoms with E-state index in [1.54, 1.807) is 27.4 Å². The standard InChI is InChI=1S/C10H20NO4P/c1-10(2,3)15-9(13)11-7-5-16(4,14)6-8(7)12/h7-8,12H,5-6H2,1-4H3,(H,11,13)/t7-,8-,16?/m1/s1. The summed E-state index contributed by atoms with van der Waals surface area (Å²) in [5.41, 5.74) is -0.566. The van der Waals surface area contributed by atoms with Gasteiger partial charge in [-0.2, -0.15) is 0 Å². The molecule has 2 N–H and O–H groups in total. The minimum Gasteiger partial charge on any atom is -0.444 e. The number of aliphatic hydroxyl groups excluding tert-OH is 1. The maximum Gasteiger partial charge on any atom is 0.407 e. The molecule has 5 nitrogen and oxygen atoms in total. The third-order valence-corrected chi connectivity index (χ3v) is 4.64. The van der Waals surface area contributed by atoms with Crippen LogP contribution in [0.5, 0.6) is 0 Å². The van der Waals surface area contributed by atoms with Crippen LogP contribution in [0.1, 0.15) is 20.8 Å². The van der Waals surface area contributed by atoms with Crippen LogP contribution in [0.25, 0.3) is 0 Å². The number of carbonyl (C=O) groups excluding carboxylic acids is 1. The normalized spacial score (nSPS) is 34.8. The van der Waals surface area contributed by atoms with Crippen molar-refractivity contribution in [2.24, 2.45) is 0 Å². The summed E-state index contributed by atoms with van der Waals surface area (Å²) in [7, 11) is -2.28. The minimum absolute atomic E-state index is 0.271. The average molecular weight is 249 g/mol. The van der Waals surface area contributed by atoms with E-state index in [1.165, 1.54) is 0 Å². The quantitative estimate of drug-likeness (QED) is 0.686. The van der Waals surface area contributed by atoms with Crippen molar-refractivity contribution in [1.82, 2.24) is 5.32 Å². The fourth-order valence-corrected chi connectivity index (χ4v) is 4.10. The largest absolute Gasteiger partial charge is 0.444 e. The van der Waals surface area contributed by atoms with Gasteiger partial charge in [-0.05, 0) is 27.4 Å². The summed E-state index contributed by atoms with van der Waals surface area (Å²) in [6, 6.07) is -0.453. The van der Waals surface area contributed by atoms with Crippen LogP contribution in [0.2, 0.25) is 0 Å². The lowest BCUT2D eigenvalue weighted by Gasteiger charge is -2.22. The number of hydrogen-bond donors (Lipinski definition) is 2. The van der Waals surface area contributed by atoms with Crippen LogP contribution >= 0.6 is 7.14 Å². The van der Waals surface area contributed by atoms with Crippen LogP contribution in [-0.4, -0.2) is 47.9 Å². The summed E-state index contributed by atoms with van der Waals surface area (Å²) < 4.78 is 16.8. The first kappa shape index (κ1) is 13.5. The number of rotatable bonds is 1. The molecule has 6 heteroatoms. The summed E-state index contributed by atoms with van der Waals surface area (Å²) in [5.74, 6) is 0. The van der Waals surface area contributed by atoms with Gasteiger partial charge >= 0.3 is 6.09 Å². The first-order valence-electron chi connectivity index (χ1n) is 5.32. The first-order valence-corrected chi connectivity index (χ1v) is 7.85. The van der Waals surface area contributed by atoms with Crippen LogP contribution < -0.4 is 5.32 Å². The van der Waals surface area contributed by atoms with Crippen LogP contribution in [0, 0.1) is 0 Å². The molecule has 1 fully saturated rings. The van der Waals surface area contributed by atoms with E-state index in [1.807, 2.05) is 0 Å². The Balaban J connectivity index is 2.50. The smallest absolute Gasteiger partial charge is 0.407 e. The van der Waals surface area contributed by atoms with Crippen LogP contribution in [0.4, 0.5) is 4.79 Å². The van der Waals surface area contributed by atoms with Crippen molar-refractivity contribution in [1.29, 1.82) is 0 Å². The summed E-state index contributed by atoms with van der Waals surface area (Å²) in [6.45, 7) is 6.94. The monoisotopic (exact) mass is 249 g/mol. The molecule has 0 aromatic heterocycles. The molecule has 1 amide bonds. The van der Waals surface area contributed by atoms with Gasteiger partial charge in [0.2, 0.25) is 0 Å². The maximum absolute atomic E-state index is 11.7. The highest BCUT2D eigenvalue weighted by Crippen LogP contribution is 2.48. The zero-order valence-electron chi connectivity index (χ0n) is 10.2. The zero-order chi connectivity index (χ0) is 12.6. The highest BCUT2D eigenvalue weighted by Gasteiger charge is 2.39. The topological polar surface area (TPSA) is 75.6 Å². The Kier molecular flexibility index (Phi) is 3.70. The number of alkyl carbamates (subject to hydrolysis) is 1. The molecule has 94 valence electrons. The summed E-state index contributed by atoms with van der Waals surface area (Å²) in [5, 5.41) is 12.2. The molecule has 0 aromatic carbocycles. The molecule has 3 atom stereocenters. The molecule has 0 aromatic rings. The van der Waals surface area contributed by atoms with E-state index in [0.717, 1.165) is 0 Å². The molecule has 1 unspecified atom stereocenters. The molecule has 1 saturated heterocycles. The van der Waals surface area contributed by atoms with E-state index in [9.17, 15) is 14.5 Å². The Morgan fingerprint density at radius 1 is 1.44 bits per heavy atom. The van der Waals surface area contributed by atoms with Crippen molar-refractivity contribution in [2.75, 3.05) is 19.0 Å². The van der Waals surface area contributed by atoms with Crippen molar-refractivity contribution in [3.63, 3.8) is 0 Å². The van der Waals surface area contributed by atoms with Gasteiger partial charge < -0.3 is 19.7 Å². The van der Waals surface area contributed by atoms with E-state index >= 15 is 0 Å². The second kappa shape index (κ2) is 4.38. The molecule has 0 saturated carbocycles. The lowest BCUT2D eigenvalue weighted by Crippen LogP contribution is -2.44. The number of carbonyl (C=O) groups is 1. The van der Waals surface area contributed by atoms with Crippen molar-refractivity contribution in [3.05, 3.63) is 0 Å². The van der Waals surface area contributed by atoms with E-state index < -0.39 is 31.0 Å². The fraction of sp³-hybridized carbons (Fsp3) is 0.900. The Morgan fingerprint density at radius 3 is 2.38 bits per heavy atom. The van der Waals surface area contributed by atoms with Crippen LogP contribution in [0.15, 0.2) is 0 Å². The number of ether oxygens (including phenoxy) is 1. The van der Waals surface area contributed by atoms with E-state index in [0.29, 0.717) is 6.16 Å². The highest BCUT2D eigenvalue weighted by atomic mass is 31.2. The predicted octanol–water partition coefficient (Wildman–Crippen LogP) is 1.25. The van der Waals surface area contributed by atoms with Gasteiger partial charge in [0.25, 0.3) is 0 Å². The summed E-state index contributed by atoms with van der Waals surface area (Å²) in [6.07, 6.45) is -0.692. The molecule has 1 rings (SSSR count). The molecular weight excluding hydrogens is 229 g/mol. The molecular formula is C10H20NO4P. The number of nitrogens with one attached hydrogen (secondary N) is 1. The average Bonchev–Trinajstić information content (AvgIpc) is 2.19. The van der Waals surface area contributed by atoms with Gasteiger partial charge in [-0.3, -0.25) is 0 Å². The molecule has 1 aliphatic rings. The summed E-state index contributed by atoms with van der Waals surface area (Å²) in [4.78, 5) is 11.4. The van der Waals surface area contributed by atoms with Crippen molar-refractivity contribution in [3.8, 4) is 0 Å². The molecule has 1 heterocycles. The highest BCUT2D eigenvalue weighted by molar-refractivity contribution is 7.63. The number of hydrogen-bond acceptors (Lipinski definition) is 4. The Labute approximate surface area is 95.9 Å². The predicted molar refractivity (Wildman–Crippen MR) is 62.4 cm³/mol. The van der Waals surface area contributed by atoms with E-state index in [4.69, 9.17) is 4.74 Å². The maximum atomic E-state index is 11.7. The molecule has 1 aliphatic heterocycles. The lowest BCUT2D eigenvalue weighted by atomic mass is 10.2. The van der Waals surface area contributed by atoms with E-state index in [-0.39, 0.29) is 6.16 Å². The van der Waals surface area contributed by atoms with E-state index in [2.05, 4.69) is 5.32 Å². The minimum atomic E-state index is -2.28. The number of amides is 1. The van der Waals surface area contributed by atoms with Gasteiger partial charge in [0.05, 0.1) is 19.3 Å². The van der Waals surface area contributed by atoms with Crippen molar-refractivity contribution in [2.45, 2.75) is 38.5 Å². The SMILES string of the molecule is CC(C)(C)OC(=O)N[C@@H]1CP(C)(=O)C[C@H]1O. The Morgan fingerprint density at radius 2 is 2.00 bits per heavy atom. The van der Waals surface area contributed by atoms with Crippen molar-refractivity contribution >= 4 is 13.2 Å². The van der Waals surface area contributed by atoms with Gasteiger partial charge in [0.15, 0.2) is 0 Å². The Hall–Kier alpha value is -0.540. The van der Waals surface area contributed by atoms with Gasteiger partial charge in [-0.15, -0.1) is 0 Å². The van der Waals surface area contributed by atoms with Gasteiger partial charge in [-0.25, -0.2) is 4.79 Å². The van der Waals surface area contributed by atoms with Gasteiger partial charge in [-0.1, -0.05) is 0 Å². The zero-order valence-corrected chi connectivity index (χ0v) is 11.1. The lowest BCUT2D eigenvalue weighted by molar-refractivity contribution is 0.0461. The molecule has 0 radical (unpaired) electrons. The molecule has 0 spiro atoms. The van der Waals surface area contributed by atoms with Crippen molar-refractivity contribution < 1.29 is 19.2 Å². The molecule has 0 bridgehead atoms. The van der Waals surface area contributed by atoms with Crippen LogP contribution in [-0.2, 0) is 9.30 Å². The second-order valence-corrected chi connectivity index (χ2v) is 8.81. The molecule has 0 aliphatic carbocycles. The second-order valence-electron chi connectivity index (χ2n) is 5.48. The summed E-state index contributed by atoms with van der Waals surface area (Å²) >= 11 is 0. The van der Waals surface area contributed by atoms with Gasteiger partial charge in [0, 0.05) is 12.3 Å². The van der Waals surface area contributed by atoms with Crippen LogP contribution in [0.3, 0.4) is 0 Å². The third kappa shape index (κ3) is 4.14. The first-order chi connectivity index (χ1) is 7.09. The number of aliphatic hydroxyl groups is 1. The Bertz CT molecular complexity index is 323. The fourth-order valence-electron chi connectivity index (χ4n) is 1.74.